The van der Waals surface area contributed by atoms with Crippen LogP contribution in [0.15, 0.2) is 24.4 Å². The zero-order valence-corrected chi connectivity index (χ0v) is 21.3. The Labute approximate surface area is 212 Å². The molecule has 2 saturated carbocycles. The van der Waals surface area contributed by atoms with Gasteiger partial charge in [-0.15, -0.1) is 0 Å². The lowest BCUT2D eigenvalue weighted by Crippen LogP contribution is -2.36. The van der Waals surface area contributed by atoms with Gasteiger partial charge < -0.3 is 25.2 Å². The number of hydrogen-bond donors (Lipinski definition) is 2. The monoisotopic (exact) mass is 492 g/mol. The number of rotatable bonds is 6. The zero-order valence-electron chi connectivity index (χ0n) is 21.3. The molecule has 1 aliphatic heterocycles. The number of methoxy groups -OCH3 is 1. The lowest BCUT2D eigenvalue weighted by Gasteiger charge is -2.30. The van der Waals surface area contributed by atoms with E-state index in [-0.39, 0.29) is 17.9 Å². The molecule has 2 amide bonds. The fourth-order valence-electron chi connectivity index (χ4n) is 5.64. The van der Waals surface area contributed by atoms with Gasteiger partial charge in [-0.25, -0.2) is 4.98 Å². The van der Waals surface area contributed by atoms with Crippen molar-refractivity contribution in [2.45, 2.75) is 76.3 Å². The lowest BCUT2D eigenvalue weighted by molar-refractivity contribution is -0.118. The highest BCUT2D eigenvalue weighted by atomic mass is 16.5. The van der Waals surface area contributed by atoms with Crippen molar-refractivity contribution in [2.24, 2.45) is 0 Å². The van der Waals surface area contributed by atoms with E-state index in [2.05, 4.69) is 20.5 Å². The second-order valence-corrected chi connectivity index (χ2v) is 10.1. The number of carbonyl (C=O) groups is 2. The minimum atomic E-state index is -0.0760. The Morgan fingerprint density at radius 2 is 1.83 bits per heavy atom. The molecule has 0 unspecified atom stereocenters. The number of nitrogens with zero attached hydrogens (tertiary/aromatic N) is 4. The molecule has 0 saturated heterocycles. The molecule has 5 rings (SSSR count). The van der Waals surface area contributed by atoms with Gasteiger partial charge in [-0.1, -0.05) is 32.1 Å². The van der Waals surface area contributed by atoms with Crippen LogP contribution in [0.25, 0.3) is 0 Å². The highest BCUT2D eigenvalue weighted by Gasteiger charge is 2.31. The van der Waals surface area contributed by atoms with E-state index >= 15 is 0 Å². The molecule has 1 aromatic carbocycles. The second kappa shape index (κ2) is 10.7. The molecule has 0 atom stereocenters. The van der Waals surface area contributed by atoms with Crippen LogP contribution in [0, 0.1) is 0 Å². The molecular formula is C27H36N6O3. The number of nitrogens with one attached hydrogen (secondary N) is 2. The molecule has 0 spiro atoms. The van der Waals surface area contributed by atoms with Crippen LogP contribution in [0.5, 0.6) is 5.75 Å². The van der Waals surface area contributed by atoms with Gasteiger partial charge in [-0.2, -0.15) is 4.98 Å². The van der Waals surface area contributed by atoms with Crippen LogP contribution in [0.2, 0.25) is 0 Å². The molecule has 2 aromatic rings. The Morgan fingerprint density at radius 3 is 2.58 bits per heavy atom. The molecule has 2 aliphatic carbocycles. The number of carbonyl (C=O) groups excluding carboxylic acids is 2. The first-order valence-corrected chi connectivity index (χ1v) is 13.2. The molecule has 0 bridgehead atoms. The standard InChI is InChI=1S/C27H36N6O3/c1-32-22-17-28-27(31-25(22)33(15-14-24(32)34)20-10-6-7-11-20)30-21-13-12-18(16-23(21)36-2)26(35)29-19-8-4-3-5-9-19/h12-13,16-17,19-20H,3-11,14-15H2,1-2H3,(H,29,35)(H,28,30,31). The van der Waals surface area contributed by atoms with Crippen LogP contribution in [0.1, 0.15) is 74.6 Å². The van der Waals surface area contributed by atoms with E-state index in [0.717, 1.165) is 37.2 Å². The van der Waals surface area contributed by atoms with Crippen LogP contribution >= 0.6 is 0 Å². The van der Waals surface area contributed by atoms with Gasteiger partial charge in [0.05, 0.1) is 19.0 Å². The molecule has 2 heterocycles. The average molecular weight is 493 g/mol. The number of benzene rings is 1. The van der Waals surface area contributed by atoms with Gasteiger partial charge >= 0.3 is 0 Å². The first-order valence-electron chi connectivity index (χ1n) is 13.2. The SMILES string of the molecule is COc1cc(C(=O)NC2CCCCC2)ccc1Nc1ncc2c(n1)N(C1CCCC1)CCC(=O)N2C. The normalized spacial score (nSPS) is 19.1. The predicted molar refractivity (Wildman–Crippen MR) is 140 cm³/mol. The molecular weight excluding hydrogens is 456 g/mol. The summed E-state index contributed by atoms with van der Waals surface area (Å²) in [5, 5.41) is 6.43. The number of fused-ring (bicyclic) bond motifs is 1. The minimum Gasteiger partial charge on any atom is -0.495 e. The molecule has 1 aromatic heterocycles. The third kappa shape index (κ3) is 5.10. The van der Waals surface area contributed by atoms with E-state index < -0.39 is 0 Å². The Kier molecular flexibility index (Phi) is 7.25. The Bertz CT molecular complexity index is 1110. The van der Waals surface area contributed by atoms with Crippen molar-refractivity contribution in [1.29, 1.82) is 0 Å². The highest BCUT2D eigenvalue weighted by molar-refractivity contribution is 5.97. The first-order chi connectivity index (χ1) is 17.5. The van der Waals surface area contributed by atoms with Crippen molar-refractivity contribution in [3.63, 3.8) is 0 Å². The van der Waals surface area contributed by atoms with E-state index in [0.29, 0.717) is 42.0 Å². The summed E-state index contributed by atoms with van der Waals surface area (Å²) in [6, 6.07) is 6.01. The fraction of sp³-hybridized carbons (Fsp3) is 0.556. The summed E-state index contributed by atoms with van der Waals surface area (Å²) in [6.45, 7) is 0.658. The molecule has 36 heavy (non-hydrogen) atoms. The summed E-state index contributed by atoms with van der Waals surface area (Å²) >= 11 is 0. The number of hydrogen-bond acceptors (Lipinski definition) is 7. The Morgan fingerprint density at radius 1 is 1.08 bits per heavy atom. The van der Waals surface area contributed by atoms with Crippen LogP contribution in [0.3, 0.4) is 0 Å². The number of anilines is 4. The molecule has 192 valence electrons. The number of ether oxygens (including phenoxy) is 1. The number of amides is 2. The summed E-state index contributed by atoms with van der Waals surface area (Å²) in [4.78, 5) is 38.7. The maximum atomic E-state index is 12.8. The van der Waals surface area contributed by atoms with Crippen molar-refractivity contribution in [1.82, 2.24) is 15.3 Å². The summed E-state index contributed by atoms with van der Waals surface area (Å²) in [5.74, 6) is 1.76. The molecule has 3 aliphatic rings. The van der Waals surface area contributed by atoms with E-state index in [1.54, 1.807) is 37.4 Å². The second-order valence-electron chi connectivity index (χ2n) is 10.1. The molecule has 9 nitrogen and oxygen atoms in total. The third-order valence-corrected chi connectivity index (χ3v) is 7.74. The summed E-state index contributed by atoms with van der Waals surface area (Å²) in [7, 11) is 3.37. The first kappa shape index (κ1) is 24.3. The summed E-state index contributed by atoms with van der Waals surface area (Å²) in [5.41, 5.74) is 1.98. The van der Waals surface area contributed by atoms with Gasteiger partial charge in [0.15, 0.2) is 5.82 Å². The topological polar surface area (TPSA) is 99.7 Å². The van der Waals surface area contributed by atoms with E-state index in [1.165, 1.54) is 32.1 Å². The summed E-state index contributed by atoms with van der Waals surface area (Å²) < 4.78 is 5.60. The smallest absolute Gasteiger partial charge is 0.251 e. The van der Waals surface area contributed by atoms with Gasteiger partial charge in [-0.3, -0.25) is 9.59 Å². The minimum absolute atomic E-state index is 0.0739. The molecule has 0 radical (unpaired) electrons. The van der Waals surface area contributed by atoms with Crippen LogP contribution in [0.4, 0.5) is 23.1 Å². The van der Waals surface area contributed by atoms with Gasteiger partial charge in [-0.05, 0) is 43.9 Å². The largest absolute Gasteiger partial charge is 0.495 e. The third-order valence-electron chi connectivity index (χ3n) is 7.74. The summed E-state index contributed by atoms with van der Waals surface area (Å²) in [6.07, 6.45) is 12.5. The van der Waals surface area contributed by atoms with Crippen molar-refractivity contribution in [3.8, 4) is 5.75 Å². The Hall–Kier alpha value is -3.36. The molecule has 9 heteroatoms. The van der Waals surface area contributed by atoms with Crippen molar-refractivity contribution in [2.75, 3.05) is 35.8 Å². The van der Waals surface area contributed by atoms with Crippen LogP contribution in [-0.4, -0.2) is 54.6 Å². The predicted octanol–water partition coefficient (Wildman–Crippen LogP) is 4.41. The fourth-order valence-corrected chi connectivity index (χ4v) is 5.64. The van der Waals surface area contributed by atoms with E-state index in [9.17, 15) is 9.59 Å². The quantitative estimate of drug-likeness (QED) is 0.616. The van der Waals surface area contributed by atoms with Gasteiger partial charge in [0.1, 0.15) is 11.4 Å². The van der Waals surface area contributed by atoms with Gasteiger partial charge in [0.2, 0.25) is 11.9 Å². The van der Waals surface area contributed by atoms with Crippen molar-refractivity contribution >= 4 is 35.0 Å². The maximum absolute atomic E-state index is 12.8. The van der Waals surface area contributed by atoms with E-state index in [4.69, 9.17) is 9.72 Å². The lowest BCUT2D eigenvalue weighted by atomic mass is 9.95. The average Bonchev–Trinajstić information content (AvgIpc) is 3.40. The van der Waals surface area contributed by atoms with Crippen LogP contribution < -0.4 is 25.2 Å². The maximum Gasteiger partial charge on any atom is 0.251 e. The zero-order chi connectivity index (χ0) is 25.1. The molecule has 2 N–H and O–H groups in total. The van der Waals surface area contributed by atoms with Gasteiger partial charge in [0, 0.05) is 37.7 Å². The number of aromatic nitrogens is 2. The highest BCUT2D eigenvalue weighted by Crippen LogP contribution is 2.37. The van der Waals surface area contributed by atoms with Crippen molar-refractivity contribution in [3.05, 3.63) is 30.0 Å². The van der Waals surface area contributed by atoms with Crippen molar-refractivity contribution < 1.29 is 14.3 Å². The van der Waals surface area contributed by atoms with Gasteiger partial charge in [0.25, 0.3) is 5.91 Å². The molecule has 2 fully saturated rings. The Balaban J connectivity index is 1.38. The van der Waals surface area contributed by atoms with E-state index in [1.807, 2.05) is 6.07 Å². The van der Waals surface area contributed by atoms with Crippen LogP contribution in [-0.2, 0) is 4.79 Å².